The summed E-state index contributed by atoms with van der Waals surface area (Å²) in [5.41, 5.74) is 5.65. The van der Waals surface area contributed by atoms with E-state index in [0.717, 1.165) is 0 Å². The standard InChI is InChI=1S/C8H16N4O3S/c1-15-6-7(9)2-3-12-16(13,14)8-4-10-11-5-8/h4-5,7,12H,2-3,6,9H2,1H3,(H,10,11). The molecule has 1 heterocycles. The smallest absolute Gasteiger partial charge is 0.243 e. The monoisotopic (exact) mass is 248 g/mol. The first-order chi connectivity index (χ1) is 7.56. The van der Waals surface area contributed by atoms with E-state index in [1.807, 2.05) is 0 Å². The van der Waals surface area contributed by atoms with E-state index in [0.29, 0.717) is 13.0 Å². The summed E-state index contributed by atoms with van der Waals surface area (Å²) in [4.78, 5) is 0.118. The van der Waals surface area contributed by atoms with Gasteiger partial charge in [0.2, 0.25) is 10.0 Å². The first-order valence-corrected chi connectivity index (χ1v) is 6.27. The van der Waals surface area contributed by atoms with Gasteiger partial charge in [-0.1, -0.05) is 0 Å². The summed E-state index contributed by atoms with van der Waals surface area (Å²) in [5, 5.41) is 6.01. The van der Waals surface area contributed by atoms with Crippen LogP contribution < -0.4 is 10.5 Å². The number of ether oxygens (including phenoxy) is 1. The zero-order valence-corrected chi connectivity index (χ0v) is 9.83. The largest absolute Gasteiger partial charge is 0.383 e. The van der Waals surface area contributed by atoms with E-state index < -0.39 is 10.0 Å². The van der Waals surface area contributed by atoms with Crippen molar-refractivity contribution in [3.63, 3.8) is 0 Å². The number of rotatable bonds is 7. The molecule has 0 amide bonds. The maximum atomic E-state index is 11.6. The molecule has 92 valence electrons. The van der Waals surface area contributed by atoms with Crippen molar-refractivity contribution in [2.45, 2.75) is 17.4 Å². The van der Waals surface area contributed by atoms with Gasteiger partial charge >= 0.3 is 0 Å². The minimum absolute atomic E-state index is 0.118. The lowest BCUT2D eigenvalue weighted by molar-refractivity contribution is 0.177. The molecule has 1 unspecified atom stereocenters. The Morgan fingerprint density at radius 3 is 3.00 bits per heavy atom. The van der Waals surface area contributed by atoms with Crippen molar-refractivity contribution in [3.8, 4) is 0 Å². The SMILES string of the molecule is COCC(N)CCNS(=O)(=O)c1cn[nH]c1. The van der Waals surface area contributed by atoms with E-state index in [4.69, 9.17) is 10.5 Å². The minimum atomic E-state index is -3.47. The molecule has 1 atom stereocenters. The number of hydrogen-bond donors (Lipinski definition) is 3. The summed E-state index contributed by atoms with van der Waals surface area (Å²) in [6.07, 6.45) is 3.08. The molecule has 0 aliphatic rings. The summed E-state index contributed by atoms with van der Waals surface area (Å²) in [7, 11) is -1.92. The van der Waals surface area contributed by atoms with Crippen LogP contribution in [0.3, 0.4) is 0 Å². The fraction of sp³-hybridized carbons (Fsp3) is 0.625. The molecule has 0 bridgehead atoms. The number of hydrogen-bond acceptors (Lipinski definition) is 5. The molecule has 4 N–H and O–H groups in total. The number of nitrogens with two attached hydrogens (primary N) is 1. The van der Waals surface area contributed by atoms with Gasteiger partial charge in [-0.3, -0.25) is 5.10 Å². The second kappa shape index (κ2) is 5.94. The first kappa shape index (κ1) is 13.1. The van der Waals surface area contributed by atoms with E-state index in [-0.39, 0.29) is 17.5 Å². The summed E-state index contributed by atoms with van der Waals surface area (Å²) in [5.74, 6) is 0. The third-order valence-electron chi connectivity index (χ3n) is 1.97. The van der Waals surface area contributed by atoms with E-state index in [9.17, 15) is 8.42 Å². The van der Waals surface area contributed by atoms with Crippen LogP contribution >= 0.6 is 0 Å². The highest BCUT2D eigenvalue weighted by atomic mass is 32.2. The first-order valence-electron chi connectivity index (χ1n) is 4.79. The van der Waals surface area contributed by atoms with Gasteiger partial charge in [-0.05, 0) is 6.42 Å². The number of sulfonamides is 1. The highest BCUT2D eigenvalue weighted by Crippen LogP contribution is 2.03. The van der Waals surface area contributed by atoms with Crippen molar-refractivity contribution in [1.29, 1.82) is 0 Å². The molecular formula is C8H16N4O3S. The van der Waals surface area contributed by atoms with Crippen molar-refractivity contribution < 1.29 is 13.2 Å². The number of methoxy groups -OCH3 is 1. The van der Waals surface area contributed by atoms with Crippen molar-refractivity contribution in [1.82, 2.24) is 14.9 Å². The number of nitrogens with one attached hydrogen (secondary N) is 2. The second-order valence-corrected chi connectivity index (χ2v) is 5.10. The van der Waals surface area contributed by atoms with E-state index in [1.165, 1.54) is 12.4 Å². The molecule has 0 radical (unpaired) electrons. The molecule has 1 rings (SSSR count). The Balaban J connectivity index is 2.38. The molecule has 0 fully saturated rings. The van der Waals surface area contributed by atoms with Crippen LogP contribution in [0.25, 0.3) is 0 Å². The van der Waals surface area contributed by atoms with Crippen LogP contribution in [0.15, 0.2) is 17.3 Å². The van der Waals surface area contributed by atoms with Crippen molar-refractivity contribution in [2.24, 2.45) is 5.73 Å². The van der Waals surface area contributed by atoms with Gasteiger partial charge in [0.05, 0.1) is 12.8 Å². The summed E-state index contributed by atoms with van der Waals surface area (Å²) < 4.78 is 30.4. The zero-order chi connectivity index (χ0) is 12.0. The molecule has 0 saturated heterocycles. The number of nitrogens with zero attached hydrogens (tertiary/aromatic N) is 1. The molecule has 0 aliphatic carbocycles. The zero-order valence-electron chi connectivity index (χ0n) is 9.01. The molecule has 0 saturated carbocycles. The molecule has 0 aromatic carbocycles. The molecule has 16 heavy (non-hydrogen) atoms. The van der Waals surface area contributed by atoms with Gasteiger partial charge in [-0.15, -0.1) is 0 Å². The van der Waals surface area contributed by atoms with Crippen LogP contribution in [-0.2, 0) is 14.8 Å². The topological polar surface area (TPSA) is 110 Å². The predicted molar refractivity (Wildman–Crippen MR) is 58.2 cm³/mol. The van der Waals surface area contributed by atoms with Crippen LogP contribution in [0, 0.1) is 0 Å². The Hall–Kier alpha value is -0.960. The molecular weight excluding hydrogens is 232 g/mol. The summed E-state index contributed by atoms with van der Waals surface area (Å²) in [6, 6.07) is -0.169. The van der Waals surface area contributed by atoms with Crippen molar-refractivity contribution in [2.75, 3.05) is 20.3 Å². The highest BCUT2D eigenvalue weighted by molar-refractivity contribution is 7.89. The second-order valence-electron chi connectivity index (χ2n) is 3.34. The molecule has 0 spiro atoms. The Kier molecular flexibility index (Phi) is 4.87. The van der Waals surface area contributed by atoms with Crippen molar-refractivity contribution >= 4 is 10.0 Å². The van der Waals surface area contributed by atoms with Crippen LogP contribution in [0.1, 0.15) is 6.42 Å². The lowest BCUT2D eigenvalue weighted by Crippen LogP contribution is -2.32. The predicted octanol–water partition coefficient (Wildman–Crippen LogP) is -0.948. The van der Waals surface area contributed by atoms with Gasteiger partial charge in [-0.2, -0.15) is 5.10 Å². The fourth-order valence-electron chi connectivity index (χ4n) is 1.15. The Bertz CT molecular complexity index is 389. The van der Waals surface area contributed by atoms with Gasteiger partial charge in [0.15, 0.2) is 0 Å². The Morgan fingerprint density at radius 2 is 2.44 bits per heavy atom. The average Bonchev–Trinajstić information content (AvgIpc) is 2.71. The third kappa shape index (κ3) is 3.89. The number of aromatic nitrogens is 2. The maximum absolute atomic E-state index is 11.6. The molecule has 7 nitrogen and oxygen atoms in total. The Morgan fingerprint density at radius 1 is 1.69 bits per heavy atom. The molecule has 1 aromatic rings. The van der Waals surface area contributed by atoms with Crippen LogP contribution in [0.5, 0.6) is 0 Å². The molecule has 1 aromatic heterocycles. The quantitative estimate of drug-likeness (QED) is 0.576. The summed E-state index contributed by atoms with van der Waals surface area (Å²) in [6.45, 7) is 0.686. The van der Waals surface area contributed by atoms with E-state index in [2.05, 4.69) is 14.9 Å². The number of aromatic amines is 1. The lowest BCUT2D eigenvalue weighted by Gasteiger charge is -2.10. The molecule has 8 heteroatoms. The number of H-pyrrole nitrogens is 1. The van der Waals surface area contributed by atoms with Gasteiger partial charge in [0.25, 0.3) is 0 Å². The summed E-state index contributed by atoms with van der Waals surface area (Å²) >= 11 is 0. The van der Waals surface area contributed by atoms with E-state index >= 15 is 0 Å². The van der Waals surface area contributed by atoms with Gasteiger partial charge in [0, 0.05) is 25.9 Å². The highest BCUT2D eigenvalue weighted by Gasteiger charge is 2.14. The van der Waals surface area contributed by atoms with Gasteiger partial charge in [0.1, 0.15) is 4.90 Å². The van der Waals surface area contributed by atoms with Crippen LogP contribution in [-0.4, -0.2) is 44.9 Å². The van der Waals surface area contributed by atoms with Gasteiger partial charge in [-0.25, -0.2) is 13.1 Å². The normalized spacial score (nSPS) is 13.9. The lowest BCUT2D eigenvalue weighted by atomic mass is 10.2. The van der Waals surface area contributed by atoms with Crippen LogP contribution in [0.2, 0.25) is 0 Å². The van der Waals surface area contributed by atoms with Gasteiger partial charge < -0.3 is 10.5 Å². The fourth-order valence-corrected chi connectivity index (χ4v) is 2.10. The van der Waals surface area contributed by atoms with E-state index in [1.54, 1.807) is 7.11 Å². The minimum Gasteiger partial charge on any atom is -0.383 e. The third-order valence-corrected chi connectivity index (χ3v) is 3.40. The van der Waals surface area contributed by atoms with Crippen LogP contribution in [0.4, 0.5) is 0 Å². The average molecular weight is 248 g/mol. The Labute approximate surface area is 94.4 Å². The van der Waals surface area contributed by atoms with Crippen molar-refractivity contribution in [3.05, 3.63) is 12.4 Å². The molecule has 0 aliphatic heterocycles. The maximum Gasteiger partial charge on any atom is 0.243 e.